The first-order valence-electron chi connectivity index (χ1n) is 3.94. The van der Waals surface area contributed by atoms with Crippen molar-refractivity contribution in [2.75, 3.05) is 0 Å². The van der Waals surface area contributed by atoms with Crippen molar-refractivity contribution in [3.8, 4) is 0 Å². The Balaban J connectivity index is 2.50. The lowest BCUT2D eigenvalue weighted by atomic mass is 10.0. The molecule has 1 atom stereocenters. The van der Waals surface area contributed by atoms with Crippen LogP contribution in [0.3, 0.4) is 0 Å². The Bertz CT molecular complexity index is 187. The van der Waals surface area contributed by atoms with Crippen LogP contribution in [-0.4, -0.2) is 17.7 Å². The second-order valence-corrected chi connectivity index (χ2v) is 3.22. The average molecular weight is 155 g/mol. The van der Waals surface area contributed by atoms with Crippen LogP contribution in [0.15, 0.2) is 0 Å². The van der Waals surface area contributed by atoms with Crippen molar-refractivity contribution in [3.63, 3.8) is 0 Å². The fraction of sp³-hybridized carbons (Fsp3) is 0.750. The van der Waals surface area contributed by atoms with E-state index in [0.717, 1.165) is 0 Å². The third kappa shape index (κ3) is 1.79. The van der Waals surface area contributed by atoms with Crippen LogP contribution in [0.25, 0.3) is 0 Å². The molecule has 1 aliphatic heterocycles. The molecule has 0 spiro atoms. The van der Waals surface area contributed by atoms with Gasteiger partial charge in [0.2, 0.25) is 5.91 Å². The fourth-order valence-electron chi connectivity index (χ4n) is 1.23. The van der Waals surface area contributed by atoms with E-state index in [-0.39, 0.29) is 23.7 Å². The number of amides is 1. The molecule has 1 saturated heterocycles. The number of carbonyl (C=O) groups excluding carboxylic acids is 2. The molecule has 1 heterocycles. The third-order valence-corrected chi connectivity index (χ3v) is 1.91. The van der Waals surface area contributed by atoms with Gasteiger partial charge in [0, 0.05) is 12.3 Å². The molecule has 0 aromatic carbocycles. The molecule has 1 rings (SSSR count). The van der Waals surface area contributed by atoms with Crippen molar-refractivity contribution in [1.29, 1.82) is 0 Å². The van der Waals surface area contributed by atoms with Gasteiger partial charge in [-0.15, -0.1) is 0 Å². The van der Waals surface area contributed by atoms with Crippen LogP contribution in [0.2, 0.25) is 0 Å². The zero-order valence-corrected chi connectivity index (χ0v) is 6.89. The van der Waals surface area contributed by atoms with Crippen molar-refractivity contribution in [1.82, 2.24) is 5.32 Å². The Kier molecular flexibility index (Phi) is 2.27. The van der Waals surface area contributed by atoms with Gasteiger partial charge in [0.15, 0.2) is 5.78 Å². The van der Waals surface area contributed by atoms with Crippen molar-refractivity contribution < 1.29 is 9.59 Å². The molecule has 1 N–H and O–H groups in total. The molecule has 0 saturated carbocycles. The van der Waals surface area contributed by atoms with Crippen LogP contribution >= 0.6 is 0 Å². The van der Waals surface area contributed by atoms with Gasteiger partial charge in [-0.3, -0.25) is 9.59 Å². The molecule has 0 aromatic rings. The van der Waals surface area contributed by atoms with Crippen LogP contribution in [0.1, 0.15) is 26.7 Å². The lowest BCUT2D eigenvalue weighted by molar-refractivity contribution is -0.126. The number of Topliss-reactive ketones (excluding diaryl/α,β-unsaturated/α-hetero) is 1. The van der Waals surface area contributed by atoms with Crippen LogP contribution in [0, 0.1) is 5.92 Å². The number of nitrogens with one attached hydrogen (secondary N) is 1. The van der Waals surface area contributed by atoms with Crippen LogP contribution < -0.4 is 5.32 Å². The van der Waals surface area contributed by atoms with Gasteiger partial charge in [-0.2, -0.15) is 0 Å². The van der Waals surface area contributed by atoms with Gasteiger partial charge in [-0.05, 0) is 6.42 Å². The van der Waals surface area contributed by atoms with E-state index in [1.165, 1.54) is 0 Å². The highest BCUT2D eigenvalue weighted by atomic mass is 16.2. The number of hydrogen-bond acceptors (Lipinski definition) is 2. The van der Waals surface area contributed by atoms with E-state index in [1.54, 1.807) is 0 Å². The Hall–Kier alpha value is -0.860. The third-order valence-electron chi connectivity index (χ3n) is 1.91. The summed E-state index contributed by atoms with van der Waals surface area (Å²) >= 11 is 0. The van der Waals surface area contributed by atoms with Crippen molar-refractivity contribution in [2.45, 2.75) is 32.7 Å². The van der Waals surface area contributed by atoms with E-state index in [0.29, 0.717) is 12.8 Å². The SMILES string of the molecule is CC(C)C(=O)[C@@H]1CCC(=O)N1. The first-order valence-corrected chi connectivity index (χ1v) is 3.94. The summed E-state index contributed by atoms with van der Waals surface area (Å²) in [5.74, 6) is 0.179. The Labute approximate surface area is 66.2 Å². The highest BCUT2D eigenvalue weighted by Crippen LogP contribution is 2.11. The summed E-state index contributed by atoms with van der Waals surface area (Å²) in [6, 6.07) is -0.206. The maximum Gasteiger partial charge on any atom is 0.220 e. The summed E-state index contributed by atoms with van der Waals surface area (Å²) in [5.41, 5.74) is 0. The molecule has 11 heavy (non-hydrogen) atoms. The molecule has 0 radical (unpaired) electrons. The van der Waals surface area contributed by atoms with Crippen molar-refractivity contribution in [2.24, 2.45) is 5.92 Å². The molecule has 3 heteroatoms. The van der Waals surface area contributed by atoms with Gasteiger partial charge in [0.05, 0.1) is 6.04 Å². The summed E-state index contributed by atoms with van der Waals surface area (Å²) in [4.78, 5) is 22.0. The Morgan fingerprint density at radius 1 is 1.64 bits per heavy atom. The minimum Gasteiger partial charge on any atom is -0.346 e. The van der Waals surface area contributed by atoms with E-state index >= 15 is 0 Å². The van der Waals surface area contributed by atoms with Gasteiger partial charge in [-0.25, -0.2) is 0 Å². The van der Waals surface area contributed by atoms with Gasteiger partial charge in [0.25, 0.3) is 0 Å². The molecule has 62 valence electrons. The predicted octanol–water partition coefficient (Wildman–Crippen LogP) is 0.490. The topological polar surface area (TPSA) is 46.2 Å². The molecule has 0 bridgehead atoms. The molecular formula is C8H13NO2. The van der Waals surface area contributed by atoms with E-state index in [4.69, 9.17) is 0 Å². The quantitative estimate of drug-likeness (QED) is 0.630. The molecule has 1 amide bonds. The summed E-state index contributed by atoms with van der Waals surface area (Å²) in [6.07, 6.45) is 1.18. The summed E-state index contributed by atoms with van der Waals surface area (Å²) in [5, 5.41) is 2.65. The van der Waals surface area contributed by atoms with E-state index in [9.17, 15) is 9.59 Å². The minimum atomic E-state index is -0.206. The summed E-state index contributed by atoms with van der Waals surface area (Å²) < 4.78 is 0. The number of carbonyl (C=O) groups is 2. The monoisotopic (exact) mass is 155 g/mol. The first-order chi connectivity index (χ1) is 5.11. The zero-order valence-electron chi connectivity index (χ0n) is 6.89. The first kappa shape index (κ1) is 8.24. The summed E-state index contributed by atoms with van der Waals surface area (Å²) in [7, 11) is 0. The lowest BCUT2D eigenvalue weighted by Crippen LogP contribution is -2.35. The molecule has 0 aliphatic carbocycles. The van der Waals surface area contributed by atoms with Gasteiger partial charge < -0.3 is 5.32 Å². The Morgan fingerprint density at radius 3 is 2.64 bits per heavy atom. The Morgan fingerprint density at radius 2 is 2.27 bits per heavy atom. The number of rotatable bonds is 2. The number of ketones is 1. The molecule has 0 aromatic heterocycles. The maximum atomic E-state index is 11.3. The van der Waals surface area contributed by atoms with E-state index < -0.39 is 0 Å². The molecular weight excluding hydrogens is 142 g/mol. The zero-order chi connectivity index (χ0) is 8.43. The largest absolute Gasteiger partial charge is 0.346 e. The van der Waals surface area contributed by atoms with E-state index in [2.05, 4.69) is 5.32 Å². The van der Waals surface area contributed by atoms with Gasteiger partial charge >= 0.3 is 0 Å². The maximum absolute atomic E-state index is 11.3. The van der Waals surface area contributed by atoms with Crippen LogP contribution in [0.5, 0.6) is 0 Å². The second-order valence-electron chi connectivity index (χ2n) is 3.22. The van der Waals surface area contributed by atoms with Crippen molar-refractivity contribution in [3.05, 3.63) is 0 Å². The van der Waals surface area contributed by atoms with Crippen molar-refractivity contribution >= 4 is 11.7 Å². The average Bonchev–Trinajstić information content (AvgIpc) is 2.34. The molecule has 3 nitrogen and oxygen atoms in total. The van der Waals surface area contributed by atoms with Crippen LogP contribution in [-0.2, 0) is 9.59 Å². The number of hydrogen-bond donors (Lipinski definition) is 1. The predicted molar refractivity (Wildman–Crippen MR) is 41.0 cm³/mol. The second kappa shape index (κ2) is 3.03. The summed E-state index contributed by atoms with van der Waals surface area (Å²) in [6.45, 7) is 3.71. The van der Waals surface area contributed by atoms with Crippen LogP contribution in [0.4, 0.5) is 0 Å². The normalized spacial score (nSPS) is 23.9. The molecule has 1 aliphatic rings. The highest BCUT2D eigenvalue weighted by molar-refractivity contribution is 5.92. The highest BCUT2D eigenvalue weighted by Gasteiger charge is 2.28. The van der Waals surface area contributed by atoms with E-state index in [1.807, 2.05) is 13.8 Å². The fourth-order valence-corrected chi connectivity index (χ4v) is 1.23. The lowest BCUT2D eigenvalue weighted by Gasteiger charge is -2.10. The molecule has 0 unspecified atom stereocenters. The minimum absolute atomic E-state index is 0.00370. The van der Waals surface area contributed by atoms with Gasteiger partial charge in [0.1, 0.15) is 0 Å². The van der Waals surface area contributed by atoms with Gasteiger partial charge in [-0.1, -0.05) is 13.8 Å². The standard InChI is InChI=1S/C8H13NO2/c1-5(2)8(11)6-3-4-7(10)9-6/h5-6H,3-4H2,1-2H3,(H,9,10)/t6-/m0/s1. The smallest absolute Gasteiger partial charge is 0.220 e. The molecule has 1 fully saturated rings.